The second-order valence-electron chi connectivity index (χ2n) is 7.15. The smallest absolute Gasteiger partial charge is 0.0100 e. The zero-order valence-corrected chi connectivity index (χ0v) is 14.2. The summed E-state index contributed by atoms with van der Waals surface area (Å²) in [5, 5.41) is 0. The first-order chi connectivity index (χ1) is 8.78. The minimum atomic E-state index is 0.308. The van der Waals surface area contributed by atoms with Crippen LogP contribution in [0.2, 0.25) is 0 Å². The van der Waals surface area contributed by atoms with Crippen LogP contribution in [0, 0.1) is 0 Å². The number of hydrogen-bond acceptors (Lipinski definition) is 0. The summed E-state index contributed by atoms with van der Waals surface area (Å²) < 4.78 is 0. The van der Waals surface area contributed by atoms with Crippen LogP contribution in [0.15, 0.2) is 24.3 Å². The molecule has 0 fully saturated rings. The SMILES string of the molecule is C/C(=C/CP)c1ccc2c(c1)C(C)(C)CCC2(C)C. The molecule has 0 N–H and O–H groups in total. The average molecular weight is 274 g/mol. The fourth-order valence-electron chi connectivity index (χ4n) is 3.13. The van der Waals surface area contributed by atoms with Crippen molar-refractivity contribution in [2.75, 3.05) is 6.16 Å². The molecule has 0 saturated heterocycles. The second-order valence-corrected chi connectivity index (χ2v) is 7.62. The van der Waals surface area contributed by atoms with Gasteiger partial charge in [0.1, 0.15) is 0 Å². The normalized spacial score (nSPS) is 21.1. The molecule has 1 unspecified atom stereocenters. The quantitative estimate of drug-likeness (QED) is 0.641. The number of hydrogen-bond donors (Lipinski definition) is 0. The molecule has 0 aliphatic heterocycles. The summed E-state index contributed by atoms with van der Waals surface area (Å²) in [6.07, 6.45) is 5.88. The molecule has 1 aliphatic rings. The standard InChI is InChI=1S/C18H27P/c1-13(8-11-19)14-6-7-15-16(12-14)18(4,5)10-9-17(15,2)3/h6-8,12H,9-11,19H2,1-5H3/b13-8-. The second kappa shape index (κ2) is 5.06. The van der Waals surface area contributed by atoms with E-state index in [1.54, 1.807) is 11.1 Å². The van der Waals surface area contributed by atoms with Crippen molar-refractivity contribution in [3.8, 4) is 0 Å². The Balaban J connectivity index is 2.57. The maximum atomic E-state index is 2.77. The summed E-state index contributed by atoms with van der Waals surface area (Å²) in [6.45, 7) is 11.8. The van der Waals surface area contributed by atoms with Crippen LogP contribution in [-0.4, -0.2) is 6.16 Å². The molecular weight excluding hydrogens is 247 g/mol. The van der Waals surface area contributed by atoms with E-state index in [0.29, 0.717) is 10.8 Å². The minimum absolute atomic E-state index is 0.308. The van der Waals surface area contributed by atoms with Gasteiger partial charge in [-0.1, -0.05) is 52.0 Å². The third-order valence-corrected chi connectivity index (χ3v) is 4.97. The van der Waals surface area contributed by atoms with Gasteiger partial charge in [0.15, 0.2) is 0 Å². The van der Waals surface area contributed by atoms with Crippen LogP contribution in [0.5, 0.6) is 0 Å². The first-order valence-electron chi connectivity index (χ1n) is 7.30. The first-order valence-corrected chi connectivity index (χ1v) is 8.12. The molecule has 0 saturated carbocycles. The molecule has 2 rings (SSSR count). The molecule has 0 spiro atoms. The van der Waals surface area contributed by atoms with Crippen molar-refractivity contribution in [3.63, 3.8) is 0 Å². The molecule has 1 aliphatic carbocycles. The van der Waals surface area contributed by atoms with E-state index in [9.17, 15) is 0 Å². The molecule has 0 radical (unpaired) electrons. The van der Waals surface area contributed by atoms with Crippen LogP contribution in [0.4, 0.5) is 0 Å². The molecule has 1 aromatic rings. The predicted octanol–water partition coefficient (Wildman–Crippen LogP) is 5.31. The van der Waals surface area contributed by atoms with Crippen molar-refractivity contribution in [1.82, 2.24) is 0 Å². The van der Waals surface area contributed by atoms with E-state index in [4.69, 9.17) is 0 Å². The Labute approximate surface area is 120 Å². The monoisotopic (exact) mass is 274 g/mol. The molecule has 0 heterocycles. The van der Waals surface area contributed by atoms with Gasteiger partial charge >= 0.3 is 0 Å². The molecule has 0 aromatic heterocycles. The summed E-state index contributed by atoms with van der Waals surface area (Å²) >= 11 is 0. The third kappa shape index (κ3) is 2.79. The van der Waals surface area contributed by atoms with E-state index in [1.165, 1.54) is 24.0 Å². The first kappa shape index (κ1) is 14.8. The Hall–Kier alpha value is -0.610. The number of fused-ring (bicyclic) bond motifs is 1. The highest BCUT2D eigenvalue weighted by Crippen LogP contribution is 2.46. The van der Waals surface area contributed by atoms with Gasteiger partial charge < -0.3 is 0 Å². The Morgan fingerprint density at radius 2 is 1.68 bits per heavy atom. The summed E-state index contributed by atoms with van der Waals surface area (Å²) in [4.78, 5) is 0. The van der Waals surface area contributed by atoms with E-state index in [-0.39, 0.29) is 0 Å². The molecule has 19 heavy (non-hydrogen) atoms. The Bertz CT molecular complexity index is 506. The van der Waals surface area contributed by atoms with Gasteiger partial charge in [0.25, 0.3) is 0 Å². The molecule has 0 nitrogen and oxygen atoms in total. The average Bonchev–Trinajstić information content (AvgIpc) is 2.35. The minimum Gasteiger partial charge on any atom is -0.134 e. The zero-order valence-electron chi connectivity index (χ0n) is 13.0. The lowest BCUT2D eigenvalue weighted by molar-refractivity contribution is 0.332. The lowest BCUT2D eigenvalue weighted by Gasteiger charge is -2.42. The largest absolute Gasteiger partial charge is 0.134 e. The zero-order chi connectivity index (χ0) is 14.3. The molecule has 1 heteroatoms. The fourth-order valence-corrected chi connectivity index (χ4v) is 3.48. The summed E-state index contributed by atoms with van der Waals surface area (Å²) in [6, 6.07) is 7.10. The Morgan fingerprint density at radius 1 is 1.11 bits per heavy atom. The predicted molar refractivity (Wildman–Crippen MR) is 90.0 cm³/mol. The van der Waals surface area contributed by atoms with Crippen LogP contribution in [-0.2, 0) is 10.8 Å². The maximum Gasteiger partial charge on any atom is -0.0100 e. The Kier molecular flexibility index (Phi) is 3.94. The van der Waals surface area contributed by atoms with Gasteiger partial charge in [0, 0.05) is 0 Å². The van der Waals surface area contributed by atoms with Gasteiger partial charge in [-0.2, -0.15) is 0 Å². The fraction of sp³-hybridized carbons (Fsp3) is 0.556. The summed E-state index contributed by atoms with van der Waals surface area (Å²) in [5.74, 6) is 0. The van der Waals surface area contributed by atoms with E-state index in [0.717, 1.165) is 6.16 Å². The maximum absolute atomic E-state index is 2.77. The molecule has 1 atom stereocenters. The lowest BCUT2D eigenvalue weighted by Crippen LogP contribution is -2.33. The van der Waals surface area contributed by atoms with Crippen LogP contribution in [0.1, 0.15) is 64.2 Å². The van der Waals surface area contributed by atoms with Gasteiger partial charge in [-0.3, -0.25) is 0 Å². The van der Waals surface area contributed by atoms with Gasteiger partial charge in [-0.25, -0.2) is 0 Å². The van der Waals surface area contributed by atoms with E-state index in [1.807, 2.05) is 0 Å². The Morgan fingerprint density at radius 3 is 2.26 bits per heavy atom. The highest BCUT2D eigenvalue weighted by atomic mass is 31.0. The topological polar surface area (TPSA) is 0 Å². The summed E-state index contributed by atoms with van der Waals surface area (Å²) in [7, 11) is 2.77. The molecule has 0 amide bonds. The van der Waals surface area contributed by atoms with Crippen molar-refractivity contribution in [1.29, 1.82) is 0 Å². The van der Waals surface area contributed by atoms with Crippen LogP contribution in [0.25, 0.3) is 5.57 Å². The van der Waals surface area contributed by atoms with Crippen LogP contribution < -0.4 is 0 Å². The van der Waals surface area contributed by atoms with Crippen molar-refractivity contribution in [2.45, 2.75) is 58.3 Å². The molecule has 104 valence electrons. The number of benzene rings is 1. The third-order valence-electron chi connectivity index (χ3n) is 4.73. The molecule has 0 bridgehead atoms. The van der Waals surface area contributed by atoms with Crippen LogP contribution in [0.3, 0.4) is 0 Å². The number of rotatable bonds is 2. The lowest BCUT2D eigenvalue weighted by atomic mass is 9.63. The van der Waals surface area contributed by atoms with Gasteiger partial charge in [0.05, 0.1) is 0 Å². The van der Waals surface area contributed by atoms with Crippen molar-refractivity contribution in [3.05, 3.63) is 41.0 Å². The van der Waals surface area contributed by atoms with Gasteiger partial charge in [-0.15, -0.1) is 9.24 Å². The van der Waals surface area contributed by atoms with Crippen molar-refractivity contribution < 1.29 is 0 Å². The summed E-state index contributed by atoms with van der Waals surface area (Å²) in [5.41, 5.74) is 6.50. The van der Waals surface area contributed by atoms with Gasteiger partial charge in [0.2, 0.25) is 0 Å². The van der Waals surface area contributed by atoms with Crippen LogP contribution >= 0.6 is 9.24 Å². The van der Waals surface area contributed by atoms with E-state index >= 15 is 0 Å². The molecular formula is C18H27P. The molecule has 1 aromatic carbocycles. The van der Waals surface area contributed by atoms with Crippen molar-refractivity contribution >= 4 is 14.8 Å². The highest BCUT2D eigenvalue weighted by molar-refractivity contribution is 7.16. The van der Waals surface area contributed by atoms with Gasteiger partial charge in [-0.05, 0) is 59.0 Å². The van der Waals surface area contributed by atoms with E-state index in [2.05, 4.69) is 68.1 Å². The number of allylic oxidation sites excluding steroid dienone is 2. The highest BCUT2D eigenvalue weighted by Gasteiger charge is 2.36. The van der Waals surface area contributed by atoms with E-state index < -0.39 is 0 Å². The van der Waals surface area contributed by atoms with Crippen molar-refractivity contribution in [2.24, 2.45) is 0 Å².